The zero-order valence-corrected chi connectivity index (χ0v) is 40.2. The molecule has 354 valence electrons. The van der Waals surface area contributed by atoms with E-state index in [1.165, 1.54) is 37.0 Å². The van der Waals surface area contributed by atoms with Gasteiger partial charge in [-0.25, -0.2) is 4.98 Å². The SMILES string of the molecule is Cc1ncsc1-c1ccc([C@H](C)NC(=O)[C@@H]2C[C@@H](O)CN2C(=O)[C@H](C(=O)CCCCCCCCCCCN2CCC(n3nc(N)c4nnc(-c5ccccc5O)cc43)CC2)C(C)(C)C)cc1. The van der Waals surface area contributed by atoms with Gasteiger partial charge in [-0.2, -0.15) is 5.10 Å². The van der Waals surface area contributed by atoms with Crippen LogP contribution >= 0.6 is 11.3 Å². The number of anilines is 1. The van der Waals surface area contributed by atoms with Gasteiger partial charge in [-0.1, -0.05) is 102 Å². The lowest BCUT2D eigenvalue weighted by atomic mass is 9.76. The lowest BCUT2D eigenvalue weighted by molar-refractivity contribution is -0.149. The number of thiazole rings is 1. The van der Waals surface area contributed by atoms with Crippen LogP contribution in [-0.4, -0.2) is 101 Å². The number of aliphatic hydroxyl groups is 1. The van der Waals surface area contributed by atoms with E-state index in [0.29, 0.717) is 29.0 Å². The lowest BCUT2D eigenvalue weighted by Crippen LogP contribution is -2.51. The zero-order valence-electron chi connectivity index (χ0n) is 39.4. The summed E-state index contributed by atoms with van der Waals surface area (Å²) in [5, 5.41) is 37.4. The van der Waals surface area contributed by atoms with Crippen molar-refractivity contribution in [3.8, 4) is 27.4 Å². The third-order valence-corrected chi connectivity index (χ3v) is 14.5. The minimum absolute atomic E-state index is 0.0370. The van der Waals surface area contributed by atoms with Crippen LogP contribution in [0.1, 0.15) is 135 Å². The van der Waals surface area contributed by atoms with Crippen molar-refractivity contribution < 1.29 is 24.6 Å². The summed E-state index contributed by atoms with van der Waals surface area (Å²) in [4.78, 5) is 51.0. The van der Waals surface area contributed by atoms with Crippen LogP contribution in [0.3, 0.4) is 0 Å². The molecule has 2 aliphatic heterocycles. The number of aromatic nitrogens is 5. The van der Waals surface area contributed by atoms with Gasteiger partial charge in [-0.3, -0.25) is 19.1 Å². The van der Waals surface area contributed by atoms with Gasteiger partial charge in [-0.15, -0.1) is 21.5 Å². The topological polar surface area (TPSA) is 193 Å². The predicted molar refractivity (Wildman–Crippen MR) is 261 cm³/mol. The second kappa shape index (κ2) is 22.0. The molecule has 3 aromatic heterocycles. The van der Waals surface area contributed by atoms with Gasteiger partial charge >= 0.3 is 0 Å². The average molecular weight is 920 g/mol. The quantitative estimate of drug-likeness (QED) is 0.0431. The molecule has 5 aromatic rings. The van der Waals surface area contributed by atoms with Crippen molar-refractivity contribution in [3.05, 3.63) is 71.4 Å². The molecule has 7 rings (SSSR count). The fourth-order valence-electron chi connectivity index (χ4n) is 9.82. The van der Waals surface area contributed by atoms with Crippen LogP contribution in [0.2, 0.25) is 0 Å². The molecule has 0 saturated carbocycles. The molecule has 5 heterocycles. The van der Waals surface area contributed by atoms with Gasteiger partial charge in [0.1, 0.15) is 23.5 Å². The molecule has 4 atom stereocenters. The Morgan fingerprint density at radius 1 is 0.924 bits per heavy atom. The molecule has 15 heteroatoms. The van der Waals surface area contributed by atoms with Crippen LogP contribution in [-0.2, 0) is 14.4 Å². The van der Waals surface area contributed by atoms with Crippen LogP contribution in [0.4, 0.5) is 5.82 Å². The number of amides is 2. The van der Waals surface area contributed by atoms with Crippen molar-refractivity contribution >= 4 is 45.8 Å². The first kappa shape index (κ1) is 48.7. The molecular weight excluding hydrogens is 851 g/mol. The summed E-state index contributed by atoms with van der Waals surface area (Å²) in [7, 11) is 0. The summed E-state index contributed by atoms with van der Waals surface area (Å²) in [6.45, 7) is 12.8. The van der Waals surface area contributed by atoms with E-state index in [0.717, 1.165) is 85.4 Å². The highest BCUT2D eigenvalue weighted by molar-refractivity contribution is 7.13. The number of phenolic OH excluding ortho intramolecular Hbond substituents is 1. The number of carbonyl (C=O) groups excluding carboxylic acids is 3. The van der Waals surface area contributed by atoms with Crippen LogP contribution in [0.25, 0.3) is 32.7 Å². The Hall–Kier alpha value is -5.25. The average Bonchev–Trinajstić information content (AvgIpc) is 4.01. The molecule has 2 fully saturated rings. The number of hydrogen-bond acceptors (Lipinski definition) is 12. The number of fused-ring (bicyclic) bond motifs is 1. The molecule has 0 aliphatic carbocycles. The summed E-state index contributed by atoms with van der Waals surface area (Å²) < 4.78 is 2.01. The molecule has 14 nitrogen and oxygen atoms in total. The number of aryl methyl sites for hydroxylation is 1. The molecule has 66 heavy (non-hydrogen) atoms. The fraction of sp³-hybridized carbons (Fsp3) is 0.549. The van der Waals surface area contributed by atoms with Crippen molar-refractivity contribution in [2.45, 2.75) is 142 Å². The number of hydrogen-bond donors (Lipinski definition) is 4. The second-order valence-corrected chi connectivity index (χ2v) is 20.5. The predicted octanol–water partition coefficient (Wildman–Crippen LogP) is 8.82. The molecule has 2 aliphatic rings. The van der Waals surface area contributed by atoms with Crippen molar-refractivity contribution in [1.82, 2.24) is 40.1 Å². The third kappa shape index (κ3) is 11.8. The Labute approximate surface area is 393 Å². The van der Waals surface area contributed by atoms with E-state index < -0.39 is 23.5 Å². The number of para-hydroxylation sites is 1. The number of unbranched alkanes of at least 4 members (excludes halogenated alkanes) is 8. The minimum Gasteiger partial charge on any atom is -0.507 e. The number of nitrogens with zero attached hydrogens (tertiary/aromatic N) is 7. The monoisotopic (exact) mass is 920 g/mol. The first-order valence-electron chi connectivity index (χ1n) is 24.0. The standard InChI is InChI=1S/C51H69N9O5S/c1-33(35-20-22-36(23-21-35)47-34(2)53-32-66-47)54-49(64)42-29-38(61)31-59(42)50(65)45(51(3,4)5)44(63)19-13-11-9-7-6-8-10-12-16-26-58-27-24-37(25-28-58)60-41-30-40(39-17-14-15-18-43(39)62)55-56-46(41)48(52)57-60/h14-15,17-18,20-23,30,32-33,37-38,42,45,61-62H,6-13,16,19,24-29,31H2,1-5H3,(H2,52,57)(H,54,64)/t33-,38+,42-,45-/m0/s1. The number of aliphatic hydroxyl groups excluding tert-OH is 1. The van der Waals surface area contributed by atoms with Crippen LogP contribution in [0, 0.1) is 18.3 Å². The number of nitrogens with one attached hydrogen (secondary N) is 1. The maximum Gasteiger partial charge on any atom is 0.243 e. The van der Waals surface area contributed by atoms with Gasteiger partial charge in [0.15, 0.2) is 11.3 Å². The minimum atomic E-state index is -0.887. The number of aromatic hydroxyl groups is 1. The van der Waals surface area contributed by atoms with Crippen LogP contribution < -0.4 is 11.1 Å². The molecule has 0 bridgehead atoms. The van der Waals surface area contributed by atoms with Gasteiger partial charge in [0.2, 0.25) is 11.8 Å². The third-order valence-electron chi connectivity index (χ3n) is 13.5. The molecule has 0 radical (unpaired) electrons. The normalized spacial score (nSPS) is 18.2. The smallest absolute Gasteiger partial charge is 0.243 e. The van der Waals surface area contributed by atoms with Crippen LogP contribution in [0.15, 0.2) is 60.1 Å². The number of nitrogens with two attached hydrogens (primary N) is 1. The highest BCUT2D eigenvalue weighted by atomic mass is 32.1. The Morgan fingerprint density at radius 3 is 2.24 bits per heavy atom. The summed E-state index contributed by atoms with van der Waals surface area (Å²) >= 11 is 1.59. The summed E-state index contributed by atoms with van der Waals surface area (Å²) in [5.41, 5.74) is 13.1. The molecule has 0 unspecified atom stereocenters. The van der Waals surface area contributed by atoms with Crippen molar-refractivity contribution in [2.75, 3.05) is 31.9 Å². The Kier molecular flexibility index (Phi) is 16.2. The lowest BCUT2D eigenvalue weighted by Gasteiger charge is -2.34. The number of piperidine rings is 1. The molecule has 2 aromatic carbocycles. The maximum absolute atomic E-state index is 14.2. The second-order valence-electron chi connectivity index (χ2n) is 19.6. The van der Waals surface area contributed by atoms with Crippen molar-refractivity contribution in [1.29, 1.82) is 0 Å². The van der Waals surface area contributed by atoms with Crippen LogP contribution in [0.5, 0.6) is 5.75 Å². The zero-order chi connectivity index (χ0) is 47.0. The fourth-order valence-corrected chi connectivity index (χ4v) is 10.6. The van der Waals surface area contributed by atoms with Crippen molar-refractivity contribution in [2.24, 2.45) is 11.3 Å². The number of β-amino-alcohol motifs (C(OH)–C–C–N with tert-alkyl or cyclic N) is 1. The number of rotatable bonds is 20. The van der Waals surface area contributed by atoms with Crippen molar-refractivity contribution in [3.63, 3.8) is 0 Å². The van der Waals surface area contributed by atoms with Gasteiger partial charge in [0.25, 0.3) is 0 Å². The Bertz CT molecular complexity index is 2420. The highest BCUT2D eigenvalue weighted by Crippen LogP contribution is 2.35. The molecule has 2 saturated heterocycles. The number of carbonyl (C=O) groups is 3. The van der Waals surface area contributed by atoms with Gasteiger partial charge < -0.3 is 31.1 Å². The number of Topliss-reactive ketones (excluding diaryl/α,β-unsaturated/α-hetero) is 1. The summed E-state index contributed by atoms with van der Waals surface area (Å²) in [5.74, 6) is -1.12. The molecular formula is C51H69N9O5S. The Morgan fingerprint density at radius 2 is 1.59 bits per heavy atom. The van der Waals surface area contributed by atoms with E-state index in [-0.39, 0.29) is 48.4 Å². The molecule has 2 amide bonds. The number of phenols is 1. The largest absolute Gasteiger partial charge is 0.507 e. The maximum atomic E-state index is 14.2. The van der Waals surface area contributed by atoms with E-state index in [1.807, 2.05) is 87.3 Å². The number of benzene rings is 2. The summed E-state index contributed by atoms with van der Waals surface area (Å²) in [6, 6.07) is 16.2. The van der Waals surface area contributed by atoms with Gasteiger partial charge in [0.05, 0.1) is 45.5 Å². The van der Waals surface area contributed by atoms with E-state index in [1.54, 1.807) is 23.5 Å². The first-order chi connectivity index (χ1) is 31.7. The number of likely N-dealkylation sites (tertiary alicyclic amines) is 2. The highest BCUT2D eigenvalue weighted by Gasteiger charge is 2.46. The van der Waals surface area contributed by atoms with E-state index in [2.05, 4.69) is 30.5 Å². The molecule has 5 N–H and O–H groups in total. The van der Waals surface area contributed by atoms with Gasteiger partial charge in [0, 0.05) is 38.0 Å². The van der Waals surface area contributed by atoms with E-state index >= 15 is 0 Å². The molecule has 0 spiro atoms. The number of nitrogen functional groups attached to an aromatic ring is 1. The van der Waals surface area contributed by atoms with E-state index in [4.69, 9.17) is 5.73 Å². The Balaban J connectivity index is 0.774. The number of ketones is 1. The van der Waals surface area contributed by atoms with E-state index in [9.17, 15) is 24.6 Å². The first-order valence-corrected chi connectivity index (χ1v) is 24.9. The van der Waals surface area contributed by atoms with Gasteiger partial charge in [-0.05, 0) is 80.8 Å². The summed E-state index contributed by atoms with van der Waals surface area (Å²) in [6.07, 6.45) is 11.5.